The Kier molecular flexibility index (Phi) is 5.20. The van der Waals surface area contributed by atoms with Crippen molar-refractivity contribution < 1.29 is 24.2 Å². The number of aromatic nitrogens is 1. The van der Waals surface area contributed by atoms with Gasteiger partial charge in [-0.05, 0) is 18.6 Å². The number of hydrogen-bond acceptors (Lipinski definition) is 4. The molecule has 2 aliphatic rings. The van der Waals surface area contributed by atoms with Gasteiger partial charge in [0, 0.05) is 38.3 Å². The summed E-state index contributed by atoms with van der Waals surface area (Å²) >= 11 is 0. The van der Waals surface area contributed by atoms with Crippen molar-refractivity contribution in [3.63, 3.8) is 0 Å². The zero-order valence-corrected chi connectivity index (χ0v) is 15.0. The molecule has 2 saturated heterocycles. The molecule has 3 heterocycles. The zero-order chi connectivity index (χ0) is 18.7. The van der Waals surface area contributed by atoms with Gasteiger partial charge in [-0.2, -0.15) is 0 Å². The number of amides is 2. The van der Waals surface area contributed by atoms with E-state index in [4.69, 9.17) is 9.84 Å². The summed E-state index contributed by atoms with van der Waals surface area (Å²) in [7, 11) is 0. The molecule has 8 nitrogen and oxygen atoms in total. The first-order valence-electron chi connectivity index (χ1n) is 9.05. The summed E-state index contributed by atoms with van der Waals surface area (Å²) < 4.78 is 7.44. The van der Waals surface area contributed by atoms with Gasteiger partial charge in [0.15, 0.2) is 0 Å². The maximum Gasteiger partial charge on any atom is 0.411 e. The van der Waals surface area contributed by atoms with Crippen molar-refractivity contribution in [1.29, 1.82) is 0 Å². The van der Waals surface area contributed by atoms with Crippen LogP contribution in [-0.4, -0.2) is 69.2 Å². The first-order valence-corrected chi connectivity index (χ1v) is 9.05. The summed E-state index contributed by atoms with van der Waals surface area (Å²) in [6.07, 6.45) is 5.99. The van der Waals surface area contributed by atoms with Crippen molar-refractivity contribution in [1.82, 2.24) is 14.4 Å². The van der Waals surface area contributed by atoms with Gasteiger partial charge in [-0.25, -0.2) is 4.79 Å². The average Bonchev–Trinajstić information content (AvgIpc) is 3.22. The fourth-order valence-corrected chi connectivity index (χ4v) is 3.81. The fourth-order valence-electron chi connectivity index (χ4n) is 3.81. The molecule has 2 fully saturated rings. The third-order valence-corrected chi connectivity index (χ3v) is 5.19. The van der Waals surface area contributed by atoms with Crippen LogP contribution in [0.25, 0.3) is 0 Å². The summed E-state index contributed by atoms with van der Waals surface area (Å²) in [5.41, 5.74) is -0.670. The monoisotopic (exact) mass is 363 g/mol. The van der Waals surface area contributed by atoms with E-state index in [9.17, 15) is 14.4 Å². The van der Waals surface area contributed by atoms with Gasteiger partial charge >= 0.3 is 12.1 Å². The Bertz CT molecular complexity index is 664. The summed E-state index contributed by atoms with van der Waals surface area (Å²) in [5.74, 6) is -0.967. The standard InChI is InChI=1S/C18H25N3O5/c1-2-5-14(19-8-3-4-9-19)16(24)20-10-6-18(7-11-20)13-21(12-15(22)23)17(25)26-18/h3-4,8-9,14H,2,5-7,10-13H2,1H3,(H,22,23)/t14-/m0/s1. The largest absolute Gasteiger partial charge is 0.480 e. The molecule has 0 aromatic carbocycles. The molecule has 2 aliphatic heterocycles. The Labute approximate surface area is 152 Å². The van der Waals surface area contributed by atoms with Crippen LogP contribution in [0.1, 0.15) is 38.6 Å². The Balaban J connectivity index is 1.62. The predicted octanol–water partition coefficient (Wildman–Crippen LogP) is 1.73. The van der Waals surface area contributed by atoms with Gasteiger partial charge in [-0.15, -0.1) is 0 Å². The van der Waals surface area contributed by atoms with Crippen LogP contribution in [0.4, 0.5) is 4.79 Å². The van der Waals surface area contributed by atoms with Gasteiger partial charge < -0.3 is 19.3 Å². The third-order valence-electron chi connectivity index (χ3n) is 5.19. The molecule has 8 heteroatoms. The van der Waals surface area contributed by atoms with Crippen LogP contribution in [0.15, 0.2) is 24.5 Å². The van der Waals surface area contributed by atoms with E-state index >= 15 is 0 Å². The molecule has 1 spiro atoms. The molecular formula is C18H25N3O5. The maximum atomic E-state index is 13.0. The average molecular weight is 363 g/mol. The number of ether oxygens (including phenoxy) is 1. The second kappa shape index (κ2) is 7.39. The lowest BCUT2D eigenvalue weighted by Crippen LogP contribution is -2.50. The van der Waals surface area contributed by atoms with E-state index < -0.39 is 17.7 Å². The van der Waals surface area contributed by atoms with Crippen molar-refractivity contribution in [2.75, 3.05) is 26.2 Å². The van der Waals surface area contributed by atoms with E-state index in [0.29, 0.717) is 25.9 Å². The van der Waals surface area contributed by atoms with Crippen LogP contribution >= 0.6 is 0 Å². The first kappa shape index (κ1) is 18.3. The number of rotatable bonds is 6. The molecule has 2 amide bonds. The summed E-state index contributed by atoms with van der Waals surface area (Å²) in [6.45, 7) is 3.00. The van der Waals surface area contributed by atoms with E-state index in [-0.39, 0.29) is 25.0 Å². The number of carbonyl (C=O) groups is 3. The van der Waals surface area contributed by atoms with Crippen molar-refractivity contribution in [3.05, 3.63) is 24.5 Å². The highest BCUT2D eigenvalue weighted by molar-refractivity contribution is 5.81. The number of likely N-dealkylation sites (tertiary alicyclic amines) is 1. The van der Waals surface area contributed by atoms with Crippen molar-refractivity contribution in [2.45, 2.75) is 44.2 Å². The highest BCUT2D eigenvalue weighted by Crippen LogP contribution is 2.34. The second-order valence-corrected chi connectivity index (χ2v) is 7.06. The van der Waals surface area contributed by atoms with Crippen LogP contribution in [0.5, 0.6) is 0 Å². The first-order chi connectivity index (χ1) is 12.4. The lowest BCUT2D eigenvalue weighted by atomic mass is 9.91. The number of aliphatic carboxylic acids is 1. The molecule has 1 aromatic rings. The Hall–Kier alpha value is -2.51. The minimum atomic E-state index is -1.05. The van der Waals surface area contributed by atoms with Gasteiger partial charge in [0.1, 0.15) is 18.2 Å². The summed E-state index contributed by atoms with van der Waals surface area (Å²) in [4.78, 5) is 38.8. The van der Waals surface area contributed by atoms with E-state index in [2.05, 4.69) is 6.92 Å². The van der Waals surface area contributed by atoms with Crippen LogP contribution in [0.2, 0.25) is 0 Å². The molecule has 142 valence electrons. The lowest BCUT2D eigenvalue weighted by Gasteiger charge is -2.38. The molecule has 0 radical (unpaired) electrons. The minimum Gasteiger partial charge on any atom is -0.480 e. The topological polar surface area (TPSA) is 92.1 Å². The van der Waals surface area contributed by atoms with Gasteiger partial charge in [0.05, 0.1) is 6.54 Å². The zero-order valence-electron chi connectivity index (χ0n) is 15.0. The number of piperidine rings is 1. The van der Waals surface area contributed by atoms with Crippen molar-refractivity contribution in [3.8, 4) is 0 Å². The molecule has 26 heavy (non-hydrogen) atoms. The molecule has 1 aromatic heterocycles. The van der Waals surface area contributed by atoms with E-state index in [1.807, 2.05) is 34.0 Å². The predicted molar refractivity (Wildman–Crippen MR) is 92.6 cm³/mol. The molecule has 3 rings (SSSR count). The second-order valence-electron chi connectivity index (χ2n) is 7.06. The van der Waals surface area contributed by atoms with Crippen LogP contribution in [0, 0.1) is 0 Å². The summed E-state index contributed by atoms with van der Waals surface area (Å²) in [6, 6.07) is 3.62. The highest BCUT2D eigenvalue weighted by atomic mass is 16.6. The Morgan fingerprint density at radius 2 is 1.92 bits per heavy atom. The lowest BCUT2D eigenvalue weighted by molar-refractivity contribution is -0.138. The van der Waals surface area contributed by atoms with Crippen LogP contribution in [0.3, 0.4) is 0 Å². The van der Waals surface area contributed by atoms with Crippen LogP contribution in [-0.2, 0) is 14.3 Å². The fraction of sp³-hybridized carbons (Fsp3) is 0.611. The highest BCUT2D eigenvalue weighted by Gasteiger charge is 2.48. The molecule has 1 atom stereocenters. The molecule has 0 aliphatic carbocycles. The number of carbonyl (C=O) groups excluding carboxylic acids is 2. The van der Waals surface area contributed by atoms with Crippen molar-refractivity contribution in [2.24, 2.45) is 0 Å². The number of carboxylic acids is 1. The molecule has 0 bridgehead atoms. The summed E-state index contributed by atoms with van der Waals surface area (Å²) in [5, 5.41) is 8.89. The van der Waals surface area contributed by atoms with E-state index in [1.165, 1.54) is 4.90 Å². The van der Waals surface area contributed by atoms with Gasteiger partial charge in [0.25, 0.3) is 0 Å². The van der Waals surface area contributed by atoms with E-state index in [0.717, 1.165) is 12.8 Å². The minimum absolute atomic E-state index is 0.0876. The number of hydrogen-bond donors (Lipinski definition) is 1. The van der Waals surface area contributed by atoms with Crippen LogP contribution < -0.4 is 0 Å². The number of carboxylic acid groups (broad SMARTS) is 1. The van der Waals surface area contributed by atoms with Gasteiger partial charge in [0.2, 0.25) is 5.91 Å². The normalized spacial score (nSPS) is 20.3. The van der Waals surface area contributed by atoms with E-state index in [1.54, 1.807) is 0 Å². The Morgan fingerprint density at radius 1 is 1.27 bits per heavy atom. The Morgan fingerprint density at radius 3 is 2.50 bits per heavy atom. The van der Waals surface area contributed by atoms with Gasteiger partial charge in [-0.3, -0.25) is 14.5 Å². The smallest absolute Gasteiger partial charge is 0.411 e. The molecular weight excluding hydrogens is 338 g/mol. The van der Waals surface area contributed by atoms with Gasteiger partial charge in [-0.1, -0.05) is 13.3 Å². The SMILES string of the molecule is CCC[C@@H](C(=O)N1CCC2(CC1)CN(CC(=O)O)C(=O)O2)n1cccc1. The quantitative estimate of drug-likeness (QED) is 0.831. The third kappa shape index (κ3) is 3.68. The molecule has 1 N–H and O–H groups in total. The number of nitrogens with zero attached hydrogens (tertiary/aromatic N) is 3. The maximum absolute atomic E-state index is 13.0. The molecule has 0 saturated carbocycles. The van der Waals surface area contributed by atoms with Crippen molar-refractivity contribution >= 4 is 18.0 Å². The molecule has 0 unspecified atom stereocenters.